The maximum absolute atomic E-state index is 12.4. The molecule has 11 nitrogen and oxygen atoms in total. The van der Waals surface area contributed by atoms with Crippen LogP contribution in [0, 0.1) is 6.92 Å². The molecule has 4 rings (SSSR count). The first kappa shape index (κ1) is 23.7. The molecule has 1 saturated heterocycles. The molecule has 4 heterocycles. The third-order valence-electron chi connectivity index (χ3n) is 6.02. The first-order valence-electron chi connectivity index (χ1n) is 11.5. The first-order chi connectivity index (χ1) is 16.5. The minimum atomic E-state index is -0.277. The lowest BCUT2D eigenvalue weighted by Gasteiger charge is -2.33. The normalized spacial score (nSPS) is 14.8. The van der Waals surface area contributed by atoms with E-state index in [9.17, 15) is 4.79 Å². The molecule has 3 aromatic rings. The van der Waals surface area contributed by atoms with Crippen molar-refractivity contribution in [3.63, 3.8) is 0 Å². The second kappa shape index (κ2) is 10.7. The molecule has 3 aromatic heterocycles. The minimum absolute atomic E-state index is 0.277. The molecule has 0 saturated carbocycles. The number of fused-ring (bicyclic) bond motifs is 1. The number of carbonyl (C=O) groups is 1. The van der Waals surface area contributed by atoms with E-state index in [4.69, 9.17) is 9.47 Å². The zero-order valence-electron chi connectivity index (χ0n) is 20.1. The van der Waals surface area contributed by atoms with E-state index in [-0.39, 0.29) is 6.03 Å². The van der Waals surface area contributed by atoms with Gasteiger partial charge >= 0.3 is 6.03 Å². The fourth-order valence-electron chi connectivity index (χ4n) is 4.15. The number of aromatic amines is 1. The lowest BCUT2D eigenvalue weighted by Crippen LogP contribution is -2.48. The van der Waals surface area contributed by atoms with Gasteiger partial charge in [0.1, 0.15) is 22.9 Å². The fraction of sp³-hybridized carbons (Fsp3) is 0.478. The van der Waals surface area contributed by atoms with Gasteiger partial charge in [-0.25, -0.2) is 9.78 Å². The topological polar surface area (TPSA) is 121 Å². The number of anilines is 1. The highest BCUT2D eigenvalue weighted by molar-refractivity contribution is 5.98. The van der Waals surface area contributed by atoms with Crippen LogP contribution in [0.25, 0.3) is 22.2 Å². The van der Waals surface area contributed by atoms with Gasteiger partial charge in [0.25, 0.3) is 0 Å². The standard InChI is InChI=1S/C23H32N8O3/c1-5-30-10-12-31(13-11-30)9-8-24-23(32)29-18-7-6-16-17(14-25-20(16)28-18)19-21(33-3)26-15(2)27-22(19)34-4/h6-7,14H,5,8-13H2,1-4H3,(H3,24,25,28,29,32). The number of H-pyrrole nitrogens is 1. The van der Waals surface area contributed by atoms with E-state index in [0.29, 0.717) is 41.2 Å². The van der Waals surface area contributed by atoms with Crippen molar-refractivity contribution >= 4 is 22.9 Å². The SMILES string of the molecule is CCN1CCN(CCNC(=O)Nc2ccc3c(-c4c(OC)nc(C)nc4OC)c[nH]c3n2)CC1. The molecule has 1 aliphatic rings. The van der Waals surface area contributed by atoms with Gasteiger partial charge in [0.05, 0.1) is 14.2 Å². The molecular weight excluding hydrogens is 436 g/mol. The number of methoxy groups -OCH3 is 2. The summed E-state index contributed by atoms with van der Waals surface area (Å²) >= 11 is 0. The summed E-state index contributed by atoms with van der Waals surface area (Å²) in [7, 11) is 3.12. The molecule has 0 aromatic carbocycles. The van der Waals surface area contributed by atoms with Gasteiger partial charge in [-0.3, -0.25) is 10.2 Å². The van der Waals surface area contributed by atoms with Crippen molar-refractivity contribution in [1.29, 1.82) is 0 Å². The number of pyridine rings is 1. The molecule has 0 aliphatic carbocycles. The van der Waals surface area contributed by atoms with Crippen LogP contribution in [-0.4, -0.2) is 95.8 Å². The second-order valence-corrected chi connectivity index (χ2v) is 8.12. The Kier molecular flexibility index (Phi) is 7.43. The van der Waals surface area contributed by atoms with Crippen molar-refractivity contribution in [2.75, 3.05) is 65.3 Å². The molecule has 0 bridgehead atoms. The molecule has 34 heavy (non-hydrogen) atoms. The Morgan fingerprint density at radius 3 is 2.38 bits per heavy atom. The number of aromatic nitrogens is 4. The predicted molar refractivity (Wildman–Crippen MR) is 131 cm³/mol. The average molecular weight is 469 g/mol. The van der Waals surface area contributed by atoms with Gasteiger partial charge in [0.2, 0.25) is 11.8 Å². The van der Waals surface area contributed by atoms with Crippen molar-refractivity contribution in [1.82, 2.24) is 35.1 Å². The molecular formula is C23H32N8O3. The number of ether oxygens (including phenoxy) is 2. The van der Waals surface area contributed by atoms with Crippen LogP contribution in [-0.2, 0) is 0 Å². The highest BCUT2D eigenvalue weighted by atomic mass is 16.5. The van der Waals surface area contributed by atoms with Crippen LogP contribution in [0.4, 0.5) is 10.6 Å². The third kappa shape index (κ3) is 5.20. The average Bonchev–Trinajstić information content (AvgIpc) is 3.26. The smallest absolute Gasteiger partial charge is 0.320 e. The monoisotopic (exact) mass is 468 g/mol. The Labute approximate surface area is 198 Å². The van der Waals surface area contributed by atoms with Crippen LogP contribution < -0.4 is 20.1 Å². The summed E-state index contributed by atoms with van der Waals surface area (Å²) in [6.45, 7) is 10.7. The summed E-state index contributed by atoms with van der Waals surface area (Å²) in [6.07, 6.45) is 1.80. The summed E-state index contributed by atoms with van der Waals surface area (Å²) in [4.78, 5) is 33.6. The summed E-state index contributed by atoms with van der Waals surface area (Å²) in [5.41, 5.74) is 2.06. The molecule has 1 aliphatic heterocycles. The zero-order valence-corrected chi connectivity index (χ0v) is 20.1. The number of likely N-dealkylation sites (N-methyl/N-ethyl adjacent to an activating group) is 1. The van der Waals surface area contributed by atoms with Gasteiger partial charge in [-0.2, -0.15) is 9.97 Å². The number of urea groups is 1. The van der Waals surface area contributed by atoms with Crippen LogP contribution in [0.1, 0.15) is 12.7 Å². The molecule has 0 atom stereocenters. The number of piperazine rings is 1. The quantitative estimate of drug-likeness (QED) is 0.460. The van der Waals surface area contributed by atoms with Gasteiger partial charge < -0.3 is 24.7 Å². The Morgan fingerprint density at radius 2 is 1.74 bits per heavy atom. The lowest BCUT2D eigenvalue weighted by atomic mass is 10.1. The van der Waals surface area contributed by atoms with E-state index in [1.54, 1.807) is 33.4 Å². The van der Waals surface area contributed by atoms with Crippen molar-refractivity contribution in [2.24, 2.45) is 0 Å². The summed E-state index contributed by atoms with van der Waals surface area (Å²) in [5, 5.41) is 6.56. The Morgan fingerprint density at radius 1 is 1.06 bits per heavy atom. The number of hydrogen-bond acceptors (Lipinski definition) is 8. The molecule has 0 unspecified atom stereocenters. The van der Waals surface area contributed by atoms with Crippen LogP contribution in [0.5, 0.6) is 11.8 Å². The van der Waals surface area contributed by atoms with Crippen LogP contribution in [0.3, 0.4) is 0 Å². The number of carbonyl (C=O) groups excluding carboxylic acids is 1. The summed E-state index contributed by atoms with van der Waals surface area (Å²) in [5.74, 6) is 1.84. The van der Waals surface area contributed by atoms with Gasteiger partial charge in [-0.05, 0) is 25.6 Å². The fourth-order valence-corrected chi connectivity index (χ4v) is 4.15. The zero-order chi connectivity index (χ0) is 24.1. The number of rotatable bonds is 8. The van der Waals surface area contributed by atoms with Crippen molar-refractivity contribution in [2.45, 2.75) is 13.8 Å². The Balaban J connectivity index is 1.40. The predicted octanol–water partition coefficient (Wildman–Crippen LogP) is 2.10. The summed E-state index contributed by atoms with van der Waals surface area (Å²) < 4.78 is 10.9. The van der Waals surface area contributed by atoms with Gasteiger partial charge in [0, 0.05) is 56.4 Å². The maximum Gasteiger partial charge on any atom is 0.320 e. The summed E-state index contributed by atoms with van der Waals surface area (Å²) in [6, 6.07) is 3.37. The molecule has 0 spiro atoms. The Bertz CT molecular complexity index is 1120. The molecule has 1 fully saturated rings. The van der Waals surface area contributed by atoms with E-state index in [1.165, 1.54) is 0 Å². The van der Waals surface area contributed by atoms with Crippen molar-refractivity contribution in [3.8, 4) is 22.9 Å². The number of hydrogen-bond donors (Lipinski definition) is 3. The number of aryl methyl sites for hydroxylation is 1. The number of nitrogens with zero attached hydrogens (tertiary/aromatic N) is 5. The van der Waals surface area contributed by atoms with Crippen molar-refractivity contribution < 1.29 is 14.3 Å². The largest absolute Gasteiger partial charge is 0.480 e. The maximum atomic E-state index is 12.4. The highest BCUT2D eigenvalue weighted by Gasteiger charge is 2.21. The van der Waals surface area contributed by atoms with Crippen LogP contribution >= 0.6 is 0 Å². The molecule has 0 radical (unpaired) electrons. The molecule has 3 N–H and O–H groups in total. The van der Waals surface area contributed by atoms with Crippen molar-refractivity contribution in [3.05, 3.63) is 24.2 Å². The van der Waals surface area contributed by atoms with E-state index in [1.807, 2.05) is 6.07 Å². The first-order valence-corrected chi connectivity index (χ1v) is 11.5. The van der Waals surface area contributed by atoms with E-state index < -0.39 is 0 Å². The number of amides is 2. The molecule has 11 heteroatoms. The molecule has 182 valence electrons. The van der Waals surface area contributed by atoms with E-state index in [2.05, 4.69) is 47.3 Å². The van der Waals surface area contributed by atoms with Gasteiger partial charge in [-0.1, -0.05) is 6.92 Å². The number of nitrogens with one attached hydrogen (secondary N) is 3. The second-order valence-electron chi connectivity index (χ2n) is 8.12. The third-order valence-corrected chi connectivity index (χ3v) is 6.02. The van der Waals surface area contributed by atoms with E-state index in [0.717, 1.165) is 50.2 Å². The van der Waals surface area contributed by atoms with E-state index >= 15 is 0 Å². The van der Waals surface area contributed by atoms with Crippen LogP contribution in [0.2, 0.25) is 0 Å². The lowest BCUT2D eigenvalue weighted by molar-refractivity contribution is 0.138. The highest BCUT2D eigenvalue weighted by Crippen LogP contribution is 2.39. The Hall–Kier alpha value is -3.44. The van der Waals surface area contributed by atoms with Gasteiger partial charge in [0.15, 0.2) is 0 Å². The van der Waals surface area contributed by atoms with Crippen LogP contribution in [0.15, 0.2) is 18.3 Å². The molecule has 2 amide bonds. The minimum Gasteiger partial charge on any atom is -0.480 e. The van der Waals surface area contributed by atoms with Gasteiger partial charge in [-0.15, -0.1) is 0 Å².